The summed E-state index contributed by atoms with van der Waals surface area (Å²) in [4.78, 5) is 12.0. The van der Waals surface area contributed by atoms with E-state index in [-0.39, 0.29) is 0 Å². The first-order valence-electron chi connectivity index (χ1n) is 5.99. The second-order valence-corrected chi connectivity index (χ2v) is 4.71. The molecule has 0 aliphatic carbocycles. The van der Waals surface area contributed by atoms with Crippen LogP contribution in [0.2, 0.25) is 0 Å². The van der Waals surface area contributed by atoms with Crippen LogP contribution in [-0.4, -0.2) is 41.0 Å². The molecular weight excluding hydrogens is 232 g/mol. The molecule has 0 saturated carbocycles. The summed E-state index contributed by atoms with van der Waals surface area (Å²) in [6.07, 6.45) is 1.62. The third-order valence-electron chi connectivity index (χ3n) is 2.88. The number of nitrogens with one attached hydrogen (secondary N) is 1. The quantitative estimate of drug-likeness (QED) is 0.855. The Bertz CT molecular complexity index is 464. The van der Waals surface area contributed by atoms with Crippen LogP contribution in [0.25, 0.3) is 10.2 Å². The third-order valence-corrected chi connectivity index (χ3v) is 3.70. The van der Waals surface area contributed by atoms with Crippen LogP contribution in [0.5, 0.6) is 0 Å². The number of hydrogen-bond acceptors (Lipinski definition) is 5. The third kappa shape index (κ3) is 2.92. The van der Waals surface area contributed by atoms with Crippen molar-refractivity contribution in [2.45, 2.75) is 13.8 Å². The van der Waals surface area contributed by atoms with Crippen LogP contribution in [0.1, 0.15) is 13.8 Å². The van der Waals surface area contributed by atoms with E-state index >= 15 is 0 Å². The van der Waals surface area contributed by atoms with Crippen LogP contribution in [0.3, 0.4) is 0 Å². The molecule has 0 saturated heterocycles. The smallest absolute Gasteiger partial charge is 0.138 e. The molecule has 2 aromatic rings. The van der Waals surface area contributed by atoms with Crippen LogP contribution in [-0.2, 0) is 0 Å². The Morgan fingerprint density at radius 1 is 1.29 bits per heavy atom. The molecule has 0 unspecified atom stereocenters. The summed E-state index contributed by atoms with van der Waals surface area (Å²) in [6.45, 7) is 8.52. The zero-order valence-electron chi connectivity index (χ0n) is 10.3. The van der Waals surface area contributed by atoms with E-state index in [1.54, 1.807) is 17.7 Å². The molecule has 0 fully saturated rings. The maximum atomic E-state index is 4.29. The van der Waals surface area contributed by atoms with Crippen molar-refractivity contribution in [2.24, 2.45) is 0 Å². The topological polar surface area (TPSA) is 41.0 Å². The summed E-state index contributed by atoms with van der Waals surface area (Å²) in [6, 6.07) is 2.07. The van der Waals surface area contributed by atoms with Gasteiger partial charge < -0.3 is 10.2 Å². The molecule has 5 heteroatoms. The number of nitrogens with zero attached hydrogens (tertiary/aromatic N) is 3. The number of rotatable bonds is 6. The van der Waals surface area contributed by atoms with Crippen LogP contribution < -0.4 is 5.32 Å². The van der Waals surface area contributed by atoms with E-state index in [1.807, 2.05) is 0 Å². The zero-order valence-corrected chi connectivity index (χ0v) is 11.1. The van der Waals surface area contributed by atoms with Gasteiger partial charge in [0.1, 0.15) is 17.0 Å². The van der Waals surface area contributed by atoms with Crippen LogP contribution >= 0.6 is 11.3 Å². The van der Waals surface area contributed by atoms with Crippen LogP contribution in [0.4, 0.5) is 5.82 Å². The van der Waals surface area contributed by atoms with Gasteiger partial charge in [0.05, 0.1) is 5.39 Å². The van der Waals surface area contributed by atoms with Gasteiger partial charge in [-0.25, -0.2) is 9.97 Å². The molecule has 0 spiro atoms. The molecular formula is C12H18N4S. The second-order valence-electron chi connectivity index (χ2n) is 3.82. The SMILES string of the molecule is CCN(CC)CCNc1ncnc2sccc12. The first-order valence-corrected chi connectivity index (χ1v) is 6.87. The van der Waals surface area contributed by atoms with E-state index in [9.17, 15) is 0 Å². The van der Waals surface area contributed by atoms with Crippen molar-refractivity contribution >= 4 is 27.4 Å². The van der Waals surface area contributed by atoms with E-state index in [0.717, 1.165) is 42.2 Å². The molecule has 92 valence electrons. The lowest BCUT2D eigenvalue weighted by Crippen LogP contribution is -2.28. The average molecular weight is 250 g/mol. The van der Waals surface area contributed by atoms with Crippen LogP contribution in [0.15, 0.2) is 17.8 Å². The first kappa shape index (κ1) is 12.3. The fourth-order valence-electron chi connectivity index (χ4n) is 1.80. The number of likely N-dealkylation sites (N-methyl/N-ethyl adjacent to an activating group) is 1. The van der Waals surface area contributed by atoms with Gasteiger partial charge in [-0.15, -0.1) is 11.3 Å². The van der Waals surface area contributed by atoms with Crippen molar-refractivity contribution < 1.29 is 0 Å². The molecule has 0 amide bonds. The lowest BCUT2D eigenvalue weighted by atomic mass is 10.3. The summed E-state index contributed by atoms with van der Waals surface area (Å²) in [5, 5.41) is 6.56. The highest BCUT2D eigenvalue weighted by atomic mass is 32.1. The summed E-state index contributed by atoms with van der Waals surface area (Å²) < 4.78 is 0. The van der Waals surface area contributed by atoms with Crippen molar-refractivity contribution in [3.05, 3.63) is 17.8 Å². The number of fused-ring (bicyclic) bond motifs is 1. The van der Waals surface area contributed by atoms with Crippen molar-refractivity contribution in [1.82, 2.24) is 14.9 Å². The van der Waals surface area contributed by atoms with E-state index < -0.39 is 0 Å². The van der Waals surface area contributed by atoms with Crippen LogP contribution in [0, 0.1) is 0 Å². The molecule has 0 atom stereocenters. The van der Waals surface area contributed by atoms with Crippen molar-refractivity contribution in [2.75, 3.05) is 31.5 Å². The fraction of sp³-hybridized carbons (Fsp3) is 0.500. The molecule has 0 aromatic carbocycles. The Kier molecular flexibility index (Phi) is 4.28. The molecule has 0 aliphatic heterocycles. The van der Waals surface area contributed by atoms with Crippen molar-refractivity contribution in [3.63, 3.8) is 0 Å². The summed E-state index contributed by atoms with van der Waals surface area (Å²) in [5.41, 5.74) is 0. The van der Waals surface area contributed by atoms with Gasteiger partial charge in [0, 0.05) is 13.1 Å². The standard InChI is InChI=1S/C12H18N4S/c1-3-16(4-2)7-6-13-11-10-5-8-17-12(10)15-9-14-11/h5,8-9H,3-4,6-7H2,1-2H3,(H,13,14,15). The maximum absolute atomic E-state index is 4.29. The summed E-state index contributed by atoms with van der Waals surface area (Å²) >= 11 is 1.65. The Labute approximate surface area is 106 Å². The molecule has 0 radical (unpaired) electrons. The number of hydrogen-bond donors (Lipinski definition) is 1. The summed E-state index contributed by atoms with van der Waals surface area (Å²) in [5.74, 6) is 0.948. The zero-order chi connectivity index (χ0) is 12.1. The molecule has 4 nitrogen and oxygen atoms in total. The predicted octanol–water partition coefficient (Wildman–Crippen LogP) is 2.45. The minimum Gasteiger partial charge on any atom is -0.368 e. The Balaban J connectivity index is 1.97. The predicted molar refractivity (Wildman–Crippen MR) is 73.7 cm³/mol. The summed E-state index contributed by atoms with van der Waals surface area (Å²) in [7, 11) is 0. The van der Waals surface area contributed by atoms with E-state index in [1.165, 1.54) is 0 Å². The van der Waals surface area contributed by atoms with Gasteiger partial charge in [-0.3, -0.25) is 0 Å². The molecule has 2 aromatic heterocycles. The number of anilines is 1. The fourth-order valence-corrected chi connectivity index (χ4v) is 2.54. The lowest BCUT2D eigenvalue weighted by Gasteiger charge is -2.18. The molecule has 0 aliphatic rings. The van der Waals surface area contributed by atoms with Gasteiger partial charge in [0.15, 0.2) is 0 Å². The first-order chi connectivity index (χ1) is 8.35. The van der Waals surface area contributed by atoms with E-state index in [4.69, 9.17) is 0 Å². The number of thiophene rings is 1. The largest absolute Gasteiger partial charge is 0.368 e. The average Bonchev–Trinajstić information content (AvgIpc) is 2.83. The van der Waals surface area contributed by atoms with Crippen molar-refractivity contribution in [3.8, 4) is 0 Å². The molecule has 17 heavy (non-hydrogen) atoms. The Morgan fingerprint density at radius 3 is 2.88 bits per heavy atom. The Morgan fingerprint density at radius 2 is 2.12 bits per heavy atom. The molecule has 2 rings (SSSR count). The van der Waals surface area contributed by atoms with Gasteiger partial charge in [-0.2, -0.15) is 0 Å². The van der Waals surface area contributed by atoms with Gasteiger partial charge >= 0.3 is 0 Å². The maximum Gasteiger partial charge on any atom is 0.138 e. The molecule has 2 heterocycles. The second kappa shape index (κ2) is 5.93. The van der Waals surface area contributed by atoms with Gasteiger partial charge in [-0.1, -0.05) is 13.8 Å². The van der Waals surface area contributed by atoms with E-state index in [0.29, 0.717) is 0 Å². The molecule has 0 bridgehead atoms. The van der Waals surface area contributed by atoms with E-state index in [2.05, 4.69) is 45.5 Å². The highest BCUT2D eigenvalue weighted by Gasteiger charge is 2.04. The Hall–Kier alpha value is -1.20. The lowest BCUT2D eigenvalue weighted by molar-refractivity contribution is 0.316. The van der Waals surface area contributed by atoms with Gasteiger partial charge in [-0.05, 0) is 24.5 Å². The number of aromatic nitrogens is 2. The normalized spacial score (nSPS) is 11.2. The van der Waals surface area contributed by atoms with Crippen molar-refractivity contribution in [1.29, 1.82) is 0 Å². The monoisotopic (exact) mass is 250 g/mol. The van der Waals surface area contributed by atoms with Gasteiger partial charge in [0.2, 0.25) is 0 Å². The molecule has 1 N–H and O–H groups in total. The highest BCUT2D eigenvalue weighted by Crippen LogP contribution is 2.23. The van der Waals surface area contributed by atoms with Gasteiger partial charge in [0.25, 0.3) is 0 Å². The minimum atomic E-state index is 0.920. The highest BCUT2D eigenvalue weighted by molar-refractivity contribution is 7.16. The minimum absolute atomic E-state index is 0.920.